The molecule has 0 atom stereocenters. The van der Waals surface area contributed by atoms with Crippen LogP contribution in [0.25, 0.3) is 222 Å². The normalized spacial score (nSPS) is 11.9. The van der Waals surface area contributed by atoms with E-state index < -0.39 is 0 Å². The van der Waals surface area contributed by atoms with Gasteiger partial charge in [0.1, 0.15) is 11.2 Å². The molecule has 0 unspecified atom stereocenters. The third-order valence-corrected chi connectivity index (χ3v) is 22.5. The van der Waals surface area contributed by atoms with Gasteiger partial charge >= 0.3 is 0 Å². The molecular formula is C102H62N10O. The van der Waals surface area contributed by atoms with Crippen molar-refractivity contribution in [3.05, 3.63) is 376 Å². The van der Waals surface area contributed by atoms with Crippen LogP contribution in [0.2, 0.25) is 0 Å². The molecule has 0 aliphatic carbocycles. The summed E-state index contributed by atoms with van der Waals surface area (Å²) in [6.45, 7) is 0. The van der Waals surface area contributed by atoms with Crippen molar-refractivity contribution in [3.8, 4) is 113 Å². The number of furan rings is 1. The Morgan fingerprint density at radius 2 is 0.575 bits per heavy atom. The first kappa shape index (κ1) is 63.6. The molecule has 16 aromatic carbocycles. The Kier molecular flexibility index (Phi) is 14.4. The monoisotopic (exact) mass is 1440 g/mol. The Labute approximate surface area is 647 Å². The van der Waals surface area contributed by atoms with Crippen LogP contribution in [0.3, 0.4) is 0 Å². The van der Waals surface area contributed by atoms with Gasteiger partial charge in [-0.25, -0.2) is 9.97 Å². The van der Waals surface area contributed by atoms with Gasteiger partial charge in [-0.3, -0.25) is 9.13 Å². The summed E-state index contributed by atoms with van der Waals surface area (Å²) >= 11 is 0. The van der Waals surface area contributed by atoms with E-state index in [1.54, 1.807) is 0 Å². The van der Waals surface area contributed by atoms with Crippen LogP contribution >= 0.6 is 0 Å². The summed E-state index contributed by atoms with van der Waals surface area (Å²) in [5, 5.41) is 10.9. The van der Waals surface area contributed by atoms with Gasteiger partial charge < -0.3 is 13.6 Å². The molecule has 23 aromatic rings. The molecule has 0 saturated carbocycles. The maximum atomic E-state index is 6.49. The average Bonchev–Trinajstić information content (AvgIpc) is 1.55. The lowest BCUT2D eigenvalue weighted by atomic mass is 9.97. The summed E-state index contributed by atoms with van der Waals surface area (Å²) in [5.74, 6) is 3.25. The van der Waals surface area contributed by atoms with E-state index in [-0.39, 0.29) is 0 Å². The first-order valence-corrected chi connectivity index (χ1v) is 38.1. The molecule has 0 aliphatic heterocycles. The summed E-state index contributed by atoms with van der Waals surface area (Å²) < 4.78 is 15.8. The van der Waals surface area contributed by atoms with Gasteiger partial charge in [-0.1, -0.05) is 285 Å². The largest absolute Gasteiger partial charge is 0.456 e. The maximum absolute atomic E-state index is 6.49. The quantitative estimate of drug-likeness (QED) is 0.120. The zero-order valence-corrected chi connectivity index (χ0v) is 60.7. The minimum Gasteiger partial charge on any atom is -0.456 e. The highest BCUT2D eigenvalue weighted by Gasteiger charge is 2.27. The topological polar surface area (TPSA) is 110 Å². The van der Waals surface area contributed by atoms with Crippen LogP contribution in [0.5, 0.6) is 0 Å². The molecule has 0 fully saturated rings. The van der Waals surface area contributed by atoms with Gasteiger partial charge in [0.25, 0.3) is 0 Å². The third-order valence-electron chi connectivity index (χ3n) is 22.5. The average molecular weight is 1440 g/mol. The van der Waals surface area contributed by atoms with Crippen molar-refractivity contribution in [1.82, 2.24) is 48.2 Å². The summed E-state index contributed by atoms with van der Waals surface area (Å²) in [6.07, 6.45) is 0. The number of nitrogens with zero attached hydrogens (tertiary/aromatic N) is 10. The maximum Gasteiger partial charge on any atom is 0.238 e. The Morgan fingerprint density at radius 1 is 0.186 bits per heavy atom. The lowest BCUT2D eigenvalue weighted by molar-refractivity contribution is 0.669. The molecule has 0 aliphatic rings. The van der Waals surface area contributed by atoms with E-state index >= 15 is 0 Å². The Morgan fingerprint density at radius 3 is 1.25 bits per heavy atom. The Balaban J connectivity index is 0.678. The second-order valence-corrected chi connectivity index (χ2v) is 28.9. The van der Waals surface area contributed by atoms with Crippen LogP contribution in [0.1, 0.15) is 0 Å². The van der Waals surface area contributed by atoms with E-state index in [1.165, 1.54) is 10.8 Å². The molecule has 0 amide bonds. The molecule has 7 aromatic heterocycles. The molecule has 0 saturated heterocycles. The number of benzene rings is 16. The van der Waals surface area contributed by atoms with E-state index in [0.29, 0.717) is 35.2 Å². The van der Waals surface area contributed by atoms with Crippen LogP contribution in [0.15, 0.2) is 381 Å². The number of hydrogen-bond acceptors (Lipinski definition) is 7. The van der Waals surface area contributed by atoms with Crippen LogP contribution in [-0.4, -0.2) is 48.2 Å². The van der Waals surface area contributed by atoms with Crippen LogP contribution < -0.4 is 0 Å². The van der Waals surface area contributed by atoms with Crippen molar-refractivity contribution in [3.63, 3.8) is 0 Å². The molecule has 113 heavy (non-hydrogen) atoms. The van der Waals surface area contributed by atoms with E-state index in [9.17, 15) is 0 Å². The SMILES string of the molecule is c1ccc(-c2cccc(-c3nc(-c4ccc(-c5cccc(-c6ccc7c(c6)c6ccc8c9ccccc9n(-c9nc(-c%10ccccc%10)nc(-c%10cccc%11oc%12ccccc%12c%10%11)n9)c8c6n7-c6cccc(-c7ccccc7)c6)c5)cc4)nc(-n4c5ccccc5c5cc6c7ccccc7n(-c7ccccc7)c6cc54)n3)c2)cc1. The van der Waals surface area contributed by atoms with Crippen molar-refractivity contribution < 1.29 is 4.42 Å². The van der Waals surface area contributed by atoms with Crippen molar-refractivity contribution in [2.45, 2.75) is 0 Å². The summed E-state index contributed by atoms with van der Waals surface area (Å²) in [6, 6.07) is 133. The van der Waals surface area contributed by atoms with Crippen LogP contribution in [0.4, 0.5) is 0 Å². The van der Waals surface area contributed by atoms with Crippen molar-refractivity contribution in [1.29, 1.82) is 0 Å². The lowest BCUT2D eigenvalue weighted by Gasteiger charge is -2.14. The molecule has 23 rings (SSSR count). The van der Waals surface area contributed by atoms with Gasteiger partial charge in [0, 0.05) is 87.5 Å². The fourth-order valence-corrected chi connectivity index (χ4v) is 17.3. The third kappa shape index (κ3) is 10.4. The first-order chi connectivity index (χ1) is 56.0. The lowest BCUT2D eigenvalue weighted by Crippen LogP contribution is -2.07. The minimum absolute atomic E-state index is 0.496. The summed E-state index contributed by atoms with van der Waals surface area (Å²) in [7, 11) is 0. The molecule has 11 heteroatoms. The second kappa shape index (κ2) is 25.6. The van der Waals surface area contributed by atoms with Crippen molar-refractivity contribution in [2.24, 2.45) is 0 Å². The van der Waals surface area contributed by atoms with Gasteiger partial charge in [-0.15, -0.1) is 0 Å². The first-order valence-electron chi connectivity index (χ1n) is 38.1. The van der Waals surface area contributed by atoms with E-state index in [0.717, 1.165) is 177 Å². The Bertz CT molecular complexity index is 7790. The predicted octanol–water partition coefficient (Wildman–Crippen LogP) is 25.7. The highest BCUT2D eigenvalue weighted by atomic mass is 16.3. The molecule has 0 spiro atoms. The molecule has 11 nitrogen and oxygen atoms in total. The number of fused-ring (bicyclic) bond motifs is 16. The van der Waals surface area contributed by atoms with E-state index in [4.69, 9.17) is 34.3 Å². The fraction of sp³-hybridized carbons (Fsp3) is 0. The Hall–Kier alpha value is -15.5. The fourth-order valence-electron chi connectivity index (χ4n) is 17.3. The van der Waals surface area contributed by atoms with Crippen molar-refractivity contribution in [2.75, 3.05) is 0 Å². The zero-order valence-electron chi connectivity index (χ0n) is 60.7. The van der Waals surface area contributed by atoms with Crippen LogP contribution in [-0.2, 0) is 0 Å². The molecule has 0 bridgehead atoms. The highest BCUT2D eigenvalue weighted by Crippen LogP contribution is 2.46. The van der Waals surface area contributed by atoms with E-state index in [1.807, 2.05) is 54.6 Å². The summed E-state index contributed by atoms with van der Waals surface area (Å²) in [4.78, 5) is 32.8. The zero-order chi connectivity index (χ0) is 74.2. The molecular weight excluding hydrogens is 1380 g/mol. The highest BCUT2D eigenvalue weighted by molar-refractivity contribution is 6.25. The van der Waals surface area contributed by atoms with Gasteiger partial charge in [0.15, 0.2) is 23.3 Å². The van der Waals surface area contributed by atoms with Gasteiger partial charge in [0.05, 0.1) is 44.1 Å². The van der Waals surface area contributed by atoms with Crippen molar-refractivity contribution >= 4 is 109 Å². The minimum atomic E-state index is 0.496. The van der Waals surface area contributed by atoms with E-state index in [2.05, 4.69) is 340 Å². The van der Waals surface area contributed by atoms with Crippen LogP contribution in [0, 0.1) is 0 Å². The molecule has 7 heterocycles. The summed E-state index contributed by atoms with van der Waals surface area (Å²) in [5.41, 5.74) is 24.1. The van der Waals surface area contributed by atoms with Gasteiger partial charge in [-0.2, -0.15) is 19.9 Å². The molecule has 526 valence electrons. The molecule has 0 N–H and O–H groups in total. The number of para-hydroxylation sites is 5. The standard InChI is InChI=1S/C102H62N10O/c1-5-25-63(26-6-1)69-32-22-35-73(58-69)99-103-98(105-101(107-99)111-87-45-18-15-41-78(87)85-61-84-77-40-14-17-44-86(77)109(90(84)62-91(85)111)74-36-11-4-12-37-74)67-51-49-65(50-52-67)68-31-21-33-70(57-68)72-53-56-89-83(60-72)80-55-54-79-76-39-13-19-46-88(76)112(96(79)95(80)110(89)75-38-23-34-71(59-75)64-27-7-2-8-28-64)102-106-97(66-29-9-3-10-30-66)104-100(108-102)82-43-24-48-93-94(82)81-42-16-20-47-92(81)113-93/h1-62H. The van der Waals surface area contributed by atoms with Gasteiger partial charge in [0.2, 0.25) is 11.9 Å². The number of aromatic nitrogens is 10. The van der Waals surface area contributed by atoms with Gasteiger partial charge in [-0.05, 0) is 136 Å². The second-order valence-electron chi connectivity index (χ2n) is 28.9. The molecule has 0 radical (unpaired) electrons. The number of hydrogen-bond donors (Lipinski definition) is 0. The number of rotatable bonds is 12. The predicted molar refractivity (Wildman–Crippen MR) is 461 cm³/mol. The smallest absolute Gasteiger partial charge is 0.238 e.